The molecule has 4 aromatic rings. The van der Waals surface area contributed by atoms with E-state index in [4.69, 9.17) is 34.8 Å². The van der Waals surface area contributed by atoms with Gasteiger partial charge in [0.2, 0.25) is 16.0 Å². The summed E-state index contributed by atoms with van der Waals surface area (Å²) in [4.78, 5) is 16.3. The Labute approximate surface area is 267 Å². The highest BCUT2D eigenvalue weighted by Gasteiger charge is 2.28. The first-order chi connectivity index (χ1) is 20.7. The number of hydrogen-bond acceptors (Lipinski definition) is 8. The molecule has 2 aromatic heterocycles. The van der Waals surface area contributed by atoms with Crippen molar-refractivity contribution < 1.29 is 8.42 Å². The standard InChI is InChI=1S/C30H34Cl3N7O2S/c1-3-43(41,42)40-19-22(21-6-4-5-7-25(21)40)29-23(31)18-34-30(36-29)35-24-8-9-26(28(33)27(24)32)39-12-10-20(11-13-39)38-16-14-37(2)15-17-38/h4-9,18-20H,3,10-17H2,1-2H3,(H,34,35,36). The topological polar surface area (TPSA) is 86.6 Å². The number of hydrogen-bond donors (Lipinski definition) is 1. The van der Waals surface area contributed by atoms with Crippen LogP contribution in [0, 0.1) is 0 Å². The molecule has 2 saturated heterocycles. The predicted octanol–water partition coefficient (Wildman–Crippen LogP) is 6.22. The summed E-state index contributed by atoms with van der Waals surface area (Å²) in [6.45, 7) is 7.96. The van der Waals surface area contributed by atoms with Crippen molar-refractivity contribution in [1.82, 2.24) is 23.7 Å². The first-order valence-electron chi connectivity index (χ1n) is 14.4. The van der Waals surface area contributed by atoms with Gasteiger partial charge >= 0.3 is 0 Å². The van der Waals surface area contributed by atoms with Crippen LogP contribution in [-0.2, 0) is 10.0 Å². The molecule has 4 heterocycles. The van der Waals surface area contributed by atoms with Crippen molar-refractivity contribution in [2.24, 2.45) is 0 Å². The summed E-state index contributed by atoms with van der Waals surface area (Å²) in [6, 6.07) is 11.7. The van der Waals surface area contributed by atoms with Crippen LogP contribution < -0.4 is 10.2 Å². The second kappa shape index (κ2) is 12.4. The Kier molecular flexibility index (Phi) is 8.79. The van der Waals surface area contributed by atoms with Crippen molar-refractivity contribution in [2.75, 3.05) is 62.3 Å². The van der Waals surface area contributed by atoms with Gasteiger partial charge in [0.05, 0.1) is 49.6 Å². The number of benzene rings is 2. The lowest BCUT2D eigenvalue weighted by Gasteiger charge is -2.42. The van der Waals surface area contributed by atoms with Gasteiger partial charge in [-0.05, 0) is 45.0 Å². The van der Waals surface area contributed by atoms with Gasteiger partial charge < -0.3 is 15.1 Å². The quantitative estimate of drug-likeness (QED) is 0.250. The molecule has 1 N–H and O–H groups in total. The minimum atomic E-state index is -3.54. The zero-order valence-electron chi connectivity index (χ0n) is 24.1. The fourth-order valence-electron chi connectivity index (χ4n) is 5.98. The Balaban J connectivity index is 1.22. The lowest BCUT2D eigenvalue weighted by atomic mass is 10.0. The van der Waals surface area contributed by atoms with Crippen LogP contribution in [-0.4, -0.2) is 90.3 Å². The van der Waals surface area contributed by atoms with Gasteiger partial charge in [-0.15, -0.1) is 0 Å². The number of anilines is 3. The number of likely N-dealkylation sites (N-methyl/N-ethyl adjacent to an activating group) is 1. The average molecular weight is 663 g/mol. The van der Waals surface area contributed by atoms with Crippen molar-refractivity contribution in [2.45, 2.75) is 25.8 Å². The Morgan fingerprint density at radius 2 is 1.67 bits per heavy atom. The first kappa shape index (κ1) is 30.4. The molecule has 2 aliphatic rings. The van der Waals surface area contributed by atoms with E-state index in [2.05, 4.69) is 37.0 Å². The Bertz CT molecular complexity index is 1750. The van der Waals surface area contributed by atoms with E-state index in [1.54, 1.807) is 25.3 Å². The molecule has 0 spiro atoms. The number of fused-ring (bicyclic) bond motifs is 1. The van der Waals surface area contributed by atoms with Gasteiger partial charge in [-0.25, -0.2) is 22.4 Å². The fourth-order valence-corrected chi connectivity index (χ4v) is 7.67. The molecule has 0 aliphatic carbocycles. The summed E-state index contributed by atoms with van der Waals surface area (Å²) < 4.78 is 26.9. The number of nitrogens with one attached hydrogen (secondary N) is 1. The minimum Gasteiger partial charge on any atom is -0.370 e. The van der Waals surface area contributed by atoms with Gasteiger partial charge in [0.25, 0.3) is 0 Å². The SMILES string of the molecule is CCS(=O)(=O)n1cc(-c2nc(Nc3ccc(N4CCC(N5CCN(C)CC5)CC4)c(Cl)c3Cl)ncc2Cl)c2ccccc21. The van der Waals surface area contributed by atoms with Crippen LogP contribution in [0.3, 0.4) is 0 Å². The third-order valence-electron chi connectivity index (χ3n) is 8.51. The molecule has 0 radical (unpaired) electrons. The second-order valence-electron chi connectivity index (χ2n) is 11.1. The fraction of sp³-hybridized carbons (Fsp3) is 0.400. The van der Waals surface area contributed by atoms with Crippen LogP contribution in [0.2, 0.25) is 15.1 Å². The van der Waals surface area contributed by atoms with Gasteiger partial charge in [0.1, 0.15) is 0 Å². The maximum Gasteiger partial charge on any atom is 0.238 e. The Morgan fingerprint density at radius 3 is 2.40 bits per heavy atom. The monoisotopic (exact) mass is 661 g/mol. The van der Waals surface area contributed by atoms with Crippen molar-refractivity contribution >= 4 is 73.1 Å². The number of piperazine rings is 1. The molecule has 228 valence electrons. The third kappa shape index (κ3) is 6.06. The number of rotatable bonds is 7. The van der Waals surface area contributed by atoms with Gasteiger partial charge in [-0.1, -0.05) is 53.0 Å². The molecule has 0 unspecified atom stereocenters. The van der Waals surface area contributed by atoms with E-state index >= 15 is 0 Å². The first-order valence-corrected chi connectivity index (χ1v) is 17.2. The maximum absolute atomic E-state index is 12.8. The molecule has 0 amide bonds. The molecule has 2 fully saturated rings. The summed E-state index contributed by atoms with van der Waals surface area (Å²) in [6.07, 6.45) is 5.23. The third-order valence-corrected chi connectivity index (χ3v) is 11.3. The molecule has 13 heteroatoms. The molecule has 0 atom stereocenters. The van der Waals surface area contributed by atoms with E-state index < -0.39 is 10.0 Å². The summed E-state index contributed by atoms with van der Waals surface area (Å²) in [7, 11) is -1.36. The molecule has 9 nitrogen and oxygen atoms in total. The van der Waals surface area contributed by atoms with Crippen molar-refractivity contribution in [3.63, 3.8) is 0 Å². The van der Waals surface area contributed by atoms with Crippen molar-refractivity contribution in [1.29, 1.82) is 0 Å². The van der Waals surface area contributed by atoms with E-state index in [0.29, 0.717) is 49.0 Å². The Hall–Kier alpha value is -2.60. The summed E-state index contributed by atoms with van der Waals surface area (Å²) in [5.41, 5.74) is 3.02. The summed E-state index contributed by atoms with van der Waals surface area (Å²) in [5, 5.41) is 5.05. The minimum absolute atomic E-state index is 0.0427. The summed E-state index contributed by atoms with van der Waals surface area (Å²) >= 11 is 20.2. The largest absolute Gasteiger partial charge is 0.370 e. The highest BCUT2D eigenvalue weighted by Crippen LogP contribution is 2.41. The van der Waals surface area contributed by atoms with E-state index in [1.807, 2.05) is 24.3 Å². The van der Waals surface area contributed by atoms with Crippen LogP contribution in [0.1, 0.15) is 19.8 Å². The zero-order valence-corrected chi connectivity index (χ0v) is 27.2. The van der Waals surface area contributed by atoms with E-state index in [9.17, 15) is 8.42 Å². The number of nitrogens with zero attached hydrogens (tertiary/aromatic N) is 6. The number of aromatic nitrogens is 3. The molecular formula is C30H34Cl3N7O2S. The summed E-state index contributed by atoms with van der Waals surface area (Å²) in [5.74, 6) is 0.215. The van der Waals surface area contributed by atoms with Crippen LogP contribution in [0.5, 0.6) is 0 Å². The van der Waals surface area contributed by atoms with Crippen molar-refractivity contribution in [3.05, 3.63) is 63.9 Å². The van der Waals surface area contributed by atoms with Crippen LogP contribution in [0.15, 0.2) is 48.8 Å². The number of halogens is 3. The Morgan fingerprint density at radius 1 is 0.953 bits per heavy atom. The smallest absolute Gasteiger partial charge is 0.238 e. The van der Waals surface area contributed by atoms with Crippen LogP contribution in [0.4, 0.5) is 17.3 Å². The molecule has 0 saturated carbocycles. The predicted molar refractivity (Wildman–Crippen MR) is 177 cm³/mol. The van der Waals surface area contributed by atoms with Gasteiger partial charge in [-0.3, -0.25) is 4.90 Å². The average Bonchev–Trinajstić information content (AvgIpc) is 3.41. The molecular weight excluding hydrogens is 629 g/mol. The molecule has 43 heavy (non-hydrogen) atoms. The van der Waals surface area contributed by atoms with E-state index in [1.165, 1.54) is 10.2 Å². The van der Waals surface area contributed by atoms with Crippen LogP contribution >= 0.6 is 34.8 Å². The highest BCUT2D eigenvalue weighted by molar-refractivity contribution is 7.90. The van der Waals surface area contributed by atoms with Gasteiger partial charge in [0, 0.05) is 62.5 Å². The van der Waals surface area contributed by atoms with E-state index in [-0.39, 0.29) is 11.7 Å². The van der Waals surface area contributed by atoms with Crippen LogP contribution in [0.25, 0.3) is 22.2 Å². The van der Waals surface area contributed by atoms with Gasteiger partial charge in [-0.2, -0.15) is 0 Å². The van der Waals surface area contributed by atoms with Crippen molar-refractivity contribution in [3.8, 4) is 11.3 Å². The second-order valence-corrected chi connectivity index (χ2v) is 14.4. The lowest BCUT2D eigenvalue weighted by Crippen LogP contribution is -2.52. The van der Waals surface area contributed by atoms with E-state index in [0.717, 1.165) is 57.8 Å². The molecule has 0 bridgehead atoms. The van der Waals surface area contributed by atoms with Gasteiger partial charge in [0.15, 0.2) is 0 Å². The highest BCUT2D eigenvalue weighted by atomic mass is 35.5. The molecule has 2 aromatic carbocycles. The number of piperidine rings is 1. The zero-order chi connectivity index (χ0) is 30.3. The normalized spacial score (nSPS) is 17.6. The maximum atomic E-state index is 12.8. The molecule has 2 aliphatic heterocycles. The molecule has 6 rings (SSSR count). The number of para-hydroxylation sites is 1. The lowest BCUT2D eigenvalue weighted by molar-refractivity contribution is 0.0982.